The first-order chi connectivity index (χ1) is 12.6. The summed E-state index contributed by atoms with van der Waals surface area (Å²) in [5.41, 5.74) is 1.76. The molecule has 130 valence electrons. The summed E-state index contributed by atoms with van der Waals surface area (Å²) < 4.78 is 0. The number of hydrogen-bond donors (Lipinski definition) is 2. The number of carbonyl (C=O) groups is 2. The van der Waals surface area contributed by atoms with Gasteiger partial charge in [0.1, 0.15) is 5.82 Å². The number of aromatic nitrogens is 1. The van der Waals surface area contributed by atoms with Gasteiger partial charge in [-0.05, 0) is 23.3 Å². The Bertz CT molecular complexity index is 844. The van der Waals surface area contributed by atoms with Crippen LogP contribution in [0.25, 0.3) is 0 Å². The van der Waals surface area contributed by atoms with E-state index in [0.717, 1.165) is 11.1 Å². The van der Waals surface area contributed by atoms with Crippen LogP contribution in [0.1, 0.15) is 17.2 Å². The molecule has 3 rings (SSSR count). The van der Waals surface area contributed by atoms with E-state index < -0.39 is 17.9 Å². The van der Waals surface area contributed by atoms with Crippen molar-refractivity contribution < 1.29 is 9.59 Å². The molecule has 0 spiro atoms. The molecule has 1 aromatic heterocycles. The molecule has 1 heterocycles. The molecule has 26 heavy (non-hydrogen) atoms. The van der Waals surface area contributed by atoms with E-state index in [0.29, 0.717) is 5.02 Å². The summed E-state index contributed by atoms with van der Waals surface area (Å²) in [6, 6.07) is 21.6. The SMILES string of the molecule is O=C(Nc1ccc(Cl)cn1)C(=O)NC(c1ccccc1)c1ccccc1. The monoisotopic (exact) mass is 365 g/mol. The third kappa shape index (κ3) is 4.46. The van der Waals surface area contributed by atoms with Gasteiger partial charge in [-0.1, -0.05) is 72.3 Å². The number of benzene rings is 2. The average Bonchev–Trinajstić information content (AvgIpc) is 2.69. The molecule has 3 aromatic rings. The van der Waals surface area contributed by atoms with Crippen LogP contribution < -0.4 is 10.6 Å². The van der Waals surface area contributed by atoms with Crippen molar-refractivity contribution in [1.82, 2.24) is 10.3 Å². The van der Waals surface area contributed by atoms with Gasteiger partial charge < -0.3 is 10.6 Å². The van der Waals surface area contributed by atoms with Crippen LogP contribution in [0.2, 0.25) is 5.02 Å². The second-order valence-electron chi connectivity index (χ2n) is 5.54. The highest BCUT2D eigenvalue weighted by molar-refractivity contribution is 6.39. The van der Waals surface area contributed by atoms with Crippen molar-refractivity contribution in [3.63, 3.8) is 0 Å². The van der Waals surface area contributed by atoms with Crippen molar-refractivity contribution in [2.45, 2.75) is 6.04 Å². The second kappa shape index (κ2) is 8.27. The molecule has 0 aliphatic heterocycles. The molecule has 2 N–H and O–H groups in total. The van der Waals surface area contributed by atoms with Crippen molar-refractivity contribution in [2.24, 2.45) is 0 Å². The first-order valence-corrected chi connectivity index (χ1v) is 8.34. The molecular weight excluding hydrogens is 350 g/mol. The van der Waals surface area contributed by atoms with Crippen molar-refractivity contribution in [1.29, 1.82) is 0 Å². The predicted octanol–water partition coefficient (Wildman–Crippen LogP) is 3.58. The standard InChI is InChI=1S/C20H16ClN3O2/c21-16-11-12-17(22-13-16)23-19(25)20(26)24-18(14-7-3-1-4-8-14)15-9-5-2-6-10-15/h1-13,18H,(H,24,26)(H,22,23,25). The Hall–Kier alpha value is -3.18. The lowest BCUT2D eigenvalue weighted by Crippen LogP contribution is -2.38. The number of carbonyl (C=O) groups excluding carboxylic acids is 2. The number of pyridine rings is 1. The summed E-state index contributed by atoms with van der Waals surface area (Å²) in [4.78, 5) is 28.5. The van der Waals surface area contributed by atoms with Gasteiger partial charge in [0.15, 0.2) is 0 Å². The van der Waals surface area contributed by atoms with Gasteiger partial charge in [-0.3, -0.25) is 9.59 Å². The maximum Gasteiger partial charge on any atom is 0.314 e. The van der Waals surface area contributed by atoms with Crippen LogP contribution in [0.4, 0.5) is 5.82 Å². The molecule has 2 amide bonds. The van der Waals surface area contributed by atoms with Gasteiger partial charge in [0.25, 0.3) is 0 Å². The Kier molecular flexibility index (Phi) is 5.61. The van der Waals surface area contributed by atoms with E-state index >= 15 is 0 Å². The molecule has 0 saturated heterocycles. The molecule has 5 nitrogen and oxygen atoms in total. The molecule has 0 radical (unpaired) electrons. The zero-order chi connectivity index (χ0) is 18.4. The Balaban J connectivity index is 1.77. The molecule has 0 unspecified atom stereocenters. The third-order valence-electron chi connectivity index (χ3n) is 3.72. The quantitative estimate of drug-likeness (QED) is 0.694. The number of rotatable bonds is 4. The number of anilines is 1. The van der Waals surface area contributed by atoms with Crippen LogP contribution in [0.15, 0.2) is 79.0 Å². The summed E-state index contributed by atoms with van der Waals surface area (Å²) in [7, 11) is 0. The van der Waals surface area contributed by atoms with Gasteiger partial charge >= 0.3 is 11.8 Å². The maximum atomic E-state index is 12.4. The van der Waals surface area contributed by atoms with Crippen LogP contribution in [0.5, 0.6) is 0 Å². The smallest absolute Gasteiger partial charge is 0.314 e. The number of halogens is 1. The number of amides is 2. The number of hydrogen-bond acceptors (Lipinski definition) is 3. The van der Waals surface area contributed by atoms with E-state index in [9.17, 15) is 9.59 Å². The Morgan fingerprint density at radius 1 is 0.808 bits per heavy atom. The Morgan fingerprint density at radius 2 is 1.38 bits per heavy atom. The molecule has 0 bridgehead atoms. The first kappa shape index (κ1) is 17.6. The maximum absolute atomic E-state index is 12.4. The van der Waals surface area contributed by atoms with E-state index in [1.165, 1.54) is 12.3 Å². The Morgan fingerprint density at radius 3 is 1.88 bits per heavy atom. The highest BCUT2D eigenvalue weighted by Crippen LogP contribution is 2.21. The summed E-state index contributed by atoms with van der Waals surface area (Å²) in [5.74, 6) is -1.29. The fraction of sp³-hybridized carbons (Fsp3) is 0.0500. The van der Waals surface area contributed by atoms with E-state index in [1.54, 1.807) is 6.07 Å². The topological polar surface area (TPSA) is 71.1 Å². The van der Waals surface area contributed by atoms with E-state index in [2.05, 4.69) is 15.6 Å². The molecule has 2 aromatic carbocycles. The third-order valence-corrected chi connectivity index (χ3v) is 3.94. The predicted molar refractivity (Wildman–Crippen MR) is 101 cm³/mol. The zero-order valence-electron chi connectivity index (χ0n) is 13.7. The first-order valence-electron chi connectivity index (χ1n) is 7.97. The summed E-state index contributed by atoms with van der Waals surface area (Å²) in [5, 5.41) is 5.68. The van der Waals surface area contributed by atoms with E-state index in [1.807, 2.05) is 60.7 Å². The van der Waals surface area contributed by atoms with Crippen LogP contribution in [0, 0.1) is 0 Å². The van der Waals surface area contributed by atoms with Gasteiger partial charge in [-0.25, -0.2) is 4.98 Å². The molecule has 0 aliphatic carbocycles. The number of nitrogens with zero attached hydrogens (tertiary/aromatic N) is 1. The summed E-state index contributed by atoms with van der Waals surface area (Å²) in [6.07, 6.45) is 1.39. The van der Waals surface area contributed by atoms with Crippen molar-refractivity contribution in [3.8, 4) is 0 Å². The molecule has 0 atom stereocenters. The van der Waals surface area contributed by atoms with Gasteiger partial charge in [-0.15, -0.1) is 0 Å². The largest absolute Gasteiger partial charge is 0.337 e. The average molecular weight is 366 g/mol. The van der Waals surface area contributed by atoms with Crippen LogP contribution >= 0.6 is 11.6 Å². The fourth-order valence-corrected chi connectivity index (χ4v) is 2.58. The summed E-state index contributed by atoms with van der Waals surface area (Å²) >= 11 is 5.76. The highest BCUT2D eigenvalue weighted by Gasteiger charge is 2.21. The lowest BCUT2D eigenvalue weighted by Gasteiger charge is -2.19. The zero-order valence-corrected chi connectivity index (χ0v) is 14.5. The van der Waals surface area contributed by atoms with Crippen molar-refractivity contribution in [2.75, 3.05) is 5.32 Å². The minimum atomic E-state index is -0.795. The lowest BCUT2D eigenvalue weighted by atomic mass is 9.99. The van der Waals surface area contributed by atoms with Crippen LogP contribution in [0.3, 0.4) is 0 Å². The second-order valence-corrected chi connectivity index (χ2v) is 5.98. The van der Waals surface area contributed by atoms with Crippen molar-refractivity contribution in [3.05, 3.63) is 95.1 Å². The van der Waals surface area contributed by atoms with E-state index in [4.69, 9.17) is 11.6 Å². The number of nitrogens with one attached hydrogen (secondary N) is 2. The normalized spacial score (nSPS) is 10.4. The fourth-order valence-electron chi connectivity index (χ4n) is 2.47. The molecule has 0 saturated carbocycles. The van der Waals surface area contributed by atoms with E-state index in [-0.39, 0.29) is 5.82 Å². The Labute approximate surface area is 156 Å². The van der Waals surface area contributed by atoms with Crippen LogP contribution in [-0.4, -0.2) is 16.8 Å². The minimum absolute atomic E-state index is 0.255. The minimum Gasteiger partial charge on any atom is -0.337 e. The molecule has 0 fully saturated rings. The molecule has 0 aliphatic rings. The van der Waals surface area contributed by atoms with Gasteiger partial charge in [0.2, 0.25) is 0 Å². The van der Waals surface area contributed by atoms with Gasteiger partial charge in [0.05, 0.1) is 11.1 Å². The lowest BCUT2D eigenvalue weighted by molar-refractivity contribution is -0.136. The highest BCUT2D eigenvalue weighted by atomic mass is 35.5. The van der Waals surface area contributed by atoms with Crippen LogP contribution in [-0.2, 0) is 9.59 Å². The molecule has 6 heteroatoms. The van der Waals surface area contributed by atoms with Crippen molar-refractivity contribution >= 4 is 29.2 Å². The van der Waals surface area contributed by atoms with Gasteiger partial charge in [-0.2, -0.15) is 0 Å². The van der Waals surface area contributed by atoms with Gasteiger partial charge in [0, 0.05) is 6.20 Å². The molecular formula is C20H16ClN3O2. The summed E-state index contributed by atoms with van der Waals surface area (Å²) in [6.45, 7) is 0.